The fourth-order valence-corrected chi connectivity index (χ4v) is 4.95. The van der Waals surface area contributed by atoms with E-state index in [0.29, 0.717) is 11.8 Å². The molecule has 2 aromatic rings. The molecule has 0 radical (unpaired) electrons. The minimum Gasteiger partial charge on any atom is -0.459 e. The summed E-state index contributed by atoms with van der Waals surface area (Å²) in [5.74, 6) is 2.63. The number of hydrogen-bond acceptors (Lipinski definition) is 4. The molecule has 2 heterocycles. The molecule has 4 heteroatoms. The van der Waals surface area contributed by atoms with Gasteiger partial charge in [0.2, 0.25) is 12.6 Å². The van der Waals surface area contributed by atoms with Crippen LogP contribution in [0.5, 0.6) is 11.5 Å². The number of fused-ring (bicyclic) bond motifs is 6. The van der Waals surface area contributed by atoms with Crippen LogP contribution in [0.2, 0.25) is 0 Å². The van der Waals surface area contributed by atoms with Crippen LogP contribution in [0.3, 0.4) is 0 Å². The first-order chi connectivity index (χ1) is 15.9. The van der Waals surface area contributed by atoms with E-state index >= 15 is 0 Å². The van der Waals surface area contributed by atoms with Crippen molar-refractivity contribution in [3.63, 3.8) is 0 Å². The molecule has 0 fully saturated rings. The molecular weight excluding hydrogens is 410 g/mol. The maximum atomic E-state index is 6.60. The zero-order valence-electron chi connectivity index (χ0n) is 21.1. The van der Waals surface area contributed by atoms with Gasteiger partial charge in [-0.1, -0.05) is 59.6 Å². The predicted octanol–water partition coefficient (Wildman–Crippen LogP) is 7.45. The normalized spacial score (nSPS) is 18.7. The van der Waals surface area contributed by atoms with E-state index in [0.717, 1.165) is 54.9 Å². The van der Waals surface area contributed by atoms with Gasteiger partial charge in [0.05, 0.1) is 11.1 Å². The summed E-state index contributed by atoms with van der Waals surface area (Å²) in [6, 6.07) is 9.11. The summed E-state index contributed by atoms with van der Waals surface area (Å²) in [6.07, 6.45) is 7.05. The minimum absolute atomic E-state index is 0.359. The summed E-state index contributed by atoms with van der Waals surface area (Å²) < 4.78 is 19.5. The molecular formula is C29H41NO3. The highest BCUT2D eigenvalue weighted by molar-refractivity contribution is 5.53. The Morgan fingerprint density at radius 3 is 1.64 bits per heavy atom. The van der Waals surface area contributed by atoms with Crippen LogP contribution < -0.4 is 15.2 Å². The molecule has 2 unspecified atom stereocenters. The summed E-state index contributed by atoms with van der Waals surface area (Å²) in [5, 5.41) is 0. The first-order valence-electron chi connectivity index (χ1n) is 12.9. The van der Waals surface area contributed by atoms with Crippen LogP contribution in [0.15, 0.2) is 24.3 Å². The molecule has 0 aliphatic carbocycles. The molecule has 0 saturated heterocycles. The van der Waals surface area contributed by atoms with E-state index in [-0.39, 0.29) is 0 Å². The fourth-order valence-electron chi connectivity index (χ4n) is 4.95. The molecule has 180 valence electrons. The van der Waals surface area contributed by atoms with Gasteiger partial charge in [-0.3, -0.25) is 4.74 Å². The molecule has 4 rings (SSSR count). The molecule has 0 aromatic heterocycles. The number of aryl methyl sites for hydroxylation is 2. The third-order valence-electron chi connectivity index (χ3n) is 6.85. The minimum atomic E-state index is -0.429. The highest BCUT2D eigenvalue weighted by atomic mass is 16.8. The first kappa shape index (κ1) is 24.1. The Bertz CT molecular complexity index is 888. The third kappa shape index (κ3) is 5.07. The maximum Gasteiger partial charge on any atom is 0.233 e. The Kier molecular flexibility index (Phi) is 7.65. The number of nitrogens with two attached hydrogens (primary N) is 1. The summed E-state index contributed by atoms with van der Waals surface area (Å²) in [6.45, 7) is 11.9. The van der Waals surface area contributed by atoms with Crippen molar-refractivity contribution >= 4 is 0 Å². The highest BCUT2D eigenvalue weighted by Gasteiger charge is 2.40. The van der Waals surface area contributed by atoms with Gasteiger partial charge in [-0.2, -0.15) is 0 Å². The van der Waals surface area contributed by atoms with Gasteiger partial charge in [0.15, 0.2) is 0 Å². The fraction of sp³-hybridized carbons (Fsp3) is 0.586. The van der Waals surface area contributed by atoms with Crippen LogP contribution in [-0.2, 0) is 17.6 Å². The second kappa shape index (κ2) is 10.5. The smallest absolute Gasteiger partial charge is 0.233 e. The summed E-state index contributed by atoms with van der Waals surface area (Å²) in [7, 11) is 0. The lowest BCUT2D eigenvalue weighted by Crippen LogP contribution is -2.32. The molecule has 2 bridgehead atoms. The van der Waals surface area contributed by atoms with Gasteiger partial charge in [0, 0.05) is 0 Å². The summed E-state index contributed by atoms with van der Waals surface area (Å²) in [4.78, 5) is 0. The van der Waals surface area contributed by atoms with Crippen LogP contribution in [0.4, 0.5) is 0 Å². The third-order valence-corrected chi connectivity index (χ3v) is 6.85. The zero-order chi connectivity index (χ0) is 23.5. The topological polar surface area (TPSA) is 53.7 Å². The molecule has 0 saturated carbocycles. The van der Waals surface area contributed by atoms with Crippen LogP contribution in [-0.4, -0.2) is 6.54 Å². The van der Waals surface area contributed by atoms with E-state index in [9.17, 15) is 0 Å². The number of benzene rings is 2. The molecule has 4 nitrogen and oxygen atoms in total. The van der Waals surface area contributed by atoms with Gasteiger partial charge in [-0.25, -0.2) is 0 Å². The van der Waals surface area contributed by atoms with Gasteiger partial charge in [-0.05, 0) is 84.9 Å². The van der Waals surface area contributed by atoms with Crippen LogP contribution >= 0.6 is 0 Å². The molecule has 2 aromatic carbocycles. The van der Waals surface area contributed by atoms with E-state index in [1.165, 1.54) is 41.5 Å². The number of rotatable bonds is 10. The van der Waals surface area contributed by atoms with Gasteiger partial charge in [0.25, 0.3) is 0 Å². The van der Waals surface area contributed by atoms with E-state index < -0.39 is 12.6 Å². The average Bonchev–Trinajstić information content (AvgIpc) is 2.79. The SMILES string of the molecule is CCCCCc1cc(C(C)C)c2c(c1)C1Oc3c(C(C)C)cc(CCCCN)cc3C(O2)O1. The second-order valence-electron chi connectivity index (χ2n) is 10.3. The molecule has 33 heavy (non-hydrogen) atoms. The van der Waals surface area contributed by atoms with Gasteiger partial charge in [0.1, 0.15) is 11.5 Å². The van der Waals surface area contributed by atoms with Crippen molar-refractivity contribution in [1.29, 1.82) is 0 Å². The van der Waals surface area contributed by atoms with Crippen molar-refractivity contribution in [2.45, 2.75) is 104 Å². The van der Waals surface area contributed by atoms with Gasteiger partial charge >= 0.3 is 0 Å². The lowest BCUT2D eigenvalue weighted by atomic mass is 9.91. The van der Waals surface area contributed by atoms with Crippen molar-refractivity contribution < 1.29 is 14.2 Å². The van der Waals surface area contributed by atoms with E-state index in [4.69, 9.17) is 19.9 Å². The number of unbranched alkanes of at least 4 members (excludes halogenated alkanes) is 3. The molecule has 2 aliphatic heterocycles. The second-order valence-corrected chi connectivity index (χ2v) is 10.3. The summed E-state index contributed by atoms with van der Waals surface area (Å²) in [5.41, 5.74) is 12.9. The lowest BCUT2D eigenvalue weighted by molar-refractivity contribution is -0.228. The van der Waals surface area contributed by atoms with Crippen molar-refractivity contribution in [2.24, 2.45) is 5.73 Å². The van der Waals surface area contributed by atoms with Crippen molar-refractivity contribution in [3.8, 4) is 11.5 Å². The monoisotopic (exact) mass is 451 g/mol. The van der Waals surface area contributed by atoms with E-state index in [2.05, 4.69) is 58.9 Å². The van der Waals surface area contributed by atoms with E-state index in [1.54, 1.807) is 0 Å². The molecule has 0 amide bonds. The largest absolute Gasteiger partial charge is 0.459 e. The van der Waals surface area contributed by atoms with Crippen LogP contribution in [0.25, 0.3) is 0 Å². The molecule has 2 N–H and O–H groups in total. The lowest BCUT2D eigenvalue weighted by Gasteiger charge is -2.40. The number of hydrogen-bond donors (Lipinski definition) is 1. The average molecular weight is 452 g/mol. The Labute approximate surface area is 199 Å². The highest BCUT2D eigenvalue weighted by Crippen LogP contribution is 2.52. The first-order valence-corrected chi connectivity index (χ1v) is 12.9. The van der Waals surface area contributed by atoms with Crippen LogP contribution in [0.1, 0.15) is 125 Å². The quantitative estimate of drug-likeness (QED) is 0.381. The Hall–Kier alpha value is -2.04. The predicted molar refractivity (Wildman–Crippen MR) is 134 cm³/mol. The van der Waals surface area contributed by atoms with E-state index in [1.807, 2.05) is 0 Å². The van der Waals surface area contributed by atoms with Gasteiger partial charge < -0.3 is 15.2 Å². The zero-order valence-corrected chi connectivity index (χ0v) is 21.1. The Morgan fingerprint density at radius 2 is 1.21 bits per heavy atom. The van der Waals surface area contributed by atoms with Crippen molar-refractivity contribution in [3.05, 3.63) is 57.6 Å². The maximum absolute atomic E-state index is 6.60. The molecule has 2 atom stereocenters. The number of ether oxygens (including phenoxy) is 3. The van der Waals surface area contributed by atoms with Crippen molar-refractivity contribution in [2.75, 3.05) is 6.54 Å². The Morgan fingerprint density at radius 1 is 0.727 bits per heavy atom. The molecule has 2 aliphatic rings. The summed E-state index contributed by atoms with van der Waals surface area (Å²) >= 11 is 0. The van der Waals surface area contributed by atoms with Crippen molar-refractivity contribution in [1.82, 2.24) is 0 Å². The van der Waals surface area contributed by atoms with Gasteiger partial charge in [-0.15, -0.1) is 0 Å². The van der Waals surface area contributed by atoms with Crippen LogP contribution in [0, 0.1) is 0 Å². The Balaban J connectivity index is 1.72. The molecule has 0 spiro atoms. The standard InChI is InChI=1S/C29H41NO3/c1-6-7-8-11-20-14-22(18(2)3)26-24(16-20)28-32-27-23(19(4)5)15-21(12-9-10-13-30)17-25(27)29(31-26)33-28/h14-19,28-29H,6-13,30H2,1-5H3.